The minimum atomic E-state index is -0.325. The first-order valence-electron chi connectivity index (χ1n) is 3.20. The van der Waals surface area contributed by atoms with E-state index in [9.17, 15) is 4.39 Å². The molecule has 0 aliphatic heterocycles. The number of aliphatic hydroxyl groups is 1. The second-order valence-electron chi connectivity index (χ2n) is 2.38. The van der Waals surface area contributed by atoms with Crippen LogP contribution in [0.15, 0.2) is 16.6 Å². The van der Waals surface area contributed by atoms with E-state index in [4.69, 9.17) is 5.11 Å². The fourth-order valence-corrected chi connectivity index (χ4v) is 1.27. The number of aliphatic hydroxyl groups excluding tert-OH is 1. The smallest absolute Gasteiger partial charge is 0.138 e. The lowest BCUT2D eigenvalue weighted by atomic mass is 10.1. The SMILES string of the molecule is Cc1cc(F)c(Br)c(CO)c1. The maximum absolute atomic E-state index is 12.9. The second kappa shape index (κ2) is 3.32. The van der Waals surface area contributed by atoms with E-state index in [1.165, 1.54) is 6.07 Å². The lowest BCUT2D eigenvalue weighted by Crippen LogP contribution is -1.90. The lowest BCUT2D eigenvalue weighted by molar-refractivity contribution is 0.280. The molecule has 0 aliphatic rings. The predicted molar refractivity (Wildman–Crippen MR) is 44.8 cm³/mol. The second-order valence-corrected chi connectivity index (χ2v) is 3.17. The third-order valence-corrected chi connectivity index (χ3v) is 2.31. The molecule has 0 unspecified atom stereocenters. The summed E-state index contributed by atoms with van der Waals surface area (Å²) in [5, 5.41) is 8.77. The molecule has 0 heterocycles. The molecular weight excluding hydrogens is 211 g/mol. The summed E-state index contributed by atoms with van der Waals surface area (Å²) in [5.41, 5.74) is 1.40. The highest BCUT2D eigenvalue weighted by Crippen LogP contribution is 2.22. The van der Waals surface area contributed by atoms with Gasteiger partial charge in [0.25, 0.3) is 0 Å². The summed E-state index contributed by atoms with van der Waals surface area (Å²) in [6, 6.07) is 3.16. The lowest BCUT2D eigenvalue weighted by Gasteiger charge is -2.02. The Labute approximate surface area is 73.0 Å². The molecule has 1 rings (SSSR count). The third kappa shape index (κ3) is 1.79. The van der Waals surface area contributed by atoms with E-state index in [0.717, 1.165) is 5.56 Å². The fourth-order valence-electron chi connectivity index (χ4n) is 0.912. The Morgan fingerprint density at radius 2 is 2.18 bits per heavy atom. The summed E-state index contributed by atoms with van der Waals surface area (Å²) in [7, 11) is 0. The molecule has 1 N–H and O–H groups in total. The van der Waals surface area contributed by atoms with Gasteiger partial charge in [-0.05, 0) is 40.0 Å². The molecule has 0 spiro atoms. The van der Waals surface area contributed by atoms with Gasteiger partial charge < -0.3 is 5.11 Å². The van der Waals surface area contributed by atoms with Crippen LogP contribution < -0.4 is 0 Å². The first-order chi connectivity index (χ1) is 5.15. The number of hydrogen-bond donors (Lipinski definition) is 1. The number of benzene rings is 1. The van der Waals surface area contributed by atoms with Crippen LogP contribution in [0.25, 0.3) is 0 Å². The third-order valence-electron chi connectivity index (χ3n) is 1.42. The van der Waals surface area contributed by atoms with E-state index >= 15 is 0 Å². The van der Waals surface area contributed by atoms with E-state index < -0.39 is 0 Å². The topological polar surface area (TPSA) is 20.2 Å². The van der Waals surface area contributed by atoms with E-state index in [1.54, 1.807) is 13.0 Å². The van der Waals surface area contributed by atoms with E-state index in [2.05, 4.69) is 15.9 Å². The van der Waals surface area contributed by atoms with Gasteiger partial charge in [-0.1, -0.05) is 6.07 Å². The maximum atomic E-state index is 12.9. The molecule has 1 aromatic rings. The van der Waals surface area contributed by atoms with Gasteiger partial charge in [0.15, 0.2) is 0 Å². The first kappa shape index (κ1) is 8.68. The van der Waals surface area contributed by atoms with Crippen LogP contribution in [0.1, 0.15) is 11.1 Å². The normalized spacial score (nSPS) is 10.2. The Hall–Kier alpha value is -0.410. The summed E-state index contributed by atoms with van der Waals surface area (Å²) in [5.74, 6) is -0.325. The summed E-state index contributed by atoms with van der Waals surface area (Å²) < 4.78 is 13.2. The van der Waals surface area contributed by atoms with Crippen LogP contribution in [0.2, 0.25) is 0 Å². The van der Waals surface area contributed by atoms with Crippen molar-refractivity contribution in [2.45, 2.75) is 13.5 Å². The highest BCUT2D eigenvalue weighted by molar-refractivity contribution is 9.10. The Kier molecular flexibility index (Phi) is 2.62. The van der Waals surface area contributed by atoms with Gasteiger partial charge in [-0.3, -0.25) is 0 Å². The minimum Gasteiger partial charge on any atom is -0.392 e. The van der Waals surface area contributed by atoms with Gasteiger partial charge in [-0.25, -0.2) is 4.39 Å². The van der Waals surface area contributed by atoms with Crippen LogP contribution in [0.5, 0.6) is 0 Å². The summed E-state index contributed by atoms with van der Waals surface area (Å²) in [6.45, 7) is 1.65. The number of hydrogen-bond acceptors (Lipinski definition) is 1. The Morgan fingerprint density at radius 3 is 2.73 bits per heavy atom. The van der Waals surface area contributed by atoms with Crippen molar-refractivity contribution in [2.24, 2.45) is 0 Å². The van der Waals surface area contributed by atoms with E-state index in [1.807, 2.05) is 0 Å². The van der Waals surface area contributed by atoms with Crippen molar-refractivity contribution in [1.82, 2.24) is 0 Å². The standard InChI is InChI=1S/C8H8BrFO/c1-5-2-6(4-11)8(9)7(10)3-5/h2-3,11H,4H2,1H3. The van der Waals surface area contributed by atoms with Crippen LogP contribution in [0.3, 0.4) is 0 Å². The summed E-state index contributed by atoms with van der Waals surface area (Å²) in [6.07, 6.45) is 0. The molecule has 1 aromatic carbocycles. The van der Waals surface area contributed by atoms with Gasteiger partial charge in [0.2, 0.25) is 0 Å². The predicted octanol–water partition coefficient (Wildman–Crippen LogP) is 2.39. The fraction of sp³-hybridized carbons (Fsp3) is 0.250. The van der Waals surface area contributed by atoms with Crippen molar-refractivity contribution in [3.8, 4) is 0 Å². The molecule has 0 radical (unpaired) electrons. The van der Waals surface area contributed by atoms with E-state index in [-0.39, 0.29) is 12.4 Å². The van der Waals surface area contributed by atoms with Crippen molar-refractivity contribution in [1.29, 1.82) is 0 Å². The molecule has 0 saturated carbocycles. The Balaban J connectivity index is 3.24. The largest absolute Gasteiger partial charge is 0.392 e. The molecule has 0 saturated heterocycles. The van der Waals surface area contributed by atoms with Crippen molar-refractivity contribution < 1.29 is 9.50 Å². The molecule has 3 heteroatoms. The molecule has 60 valence electrons. The number of halogens is 2. The van der Waals surface area contributed by atoms with Crippen molar-refractivity contribution >= 4 is 15.9 Å². The average Bonchev–Trinajstić information content (AvgIpc) is 1.96. The molecule has 0 amide bonds. The van der Waals surface area contributed by atoms with Gasteiger partial charge in [0.05, 0.1) is 11.1 Å². The van der Waals surface area contributed by atoms with Crippen LogP contribution >= 0.6 is 15.9 Å². The molecule has 11 heavy (non-hydrogen) atoms. The molecule has 0 bridgehead atoms. The first-order valence-corrected chi connectivity index (χ1v) is 4.00. The van der Waals surface area contributed by atoms with Crippen LogP contribution in [-0.2, 0) is 6.61 Å². The van der Waals surface area contributed by atoms with Crippen molar-refractivity contribution in [3.63, 3.8) is 0 Å². The number of rotatable bonds is 1. The van der Waals surface area contributed by atoms with E-state index in [0.29, 0.717) is 10.0 Å². The highest BCUT2D eigenvalue weighted by Gasteiger charge is 2.04. The molecule has 0 fully saturated rings. The molecular formula is C8H8BrFO. The summed E-state index contributed by atoms with van der Waals surface area (Å²) >= 11 is 3.04. The van der Waals surface area contributed by atoms with Gasteiger partial charge >= 0.3 is 0 Å². The van der Waals surface area contributed by atoms with Gasteiger partial charge in [0.1, 0.15) is 5.82 Å². The zero-order valence-electron chi connectivity index (χ0n) is 6.06. The average molecular weight is 219 g/mol. The summed E-state index contributed by atoms with van der Waals surface area (Å²) in [4.78, 5) is 0. The Morgan fingerprint density at radius 1 is 1.55 bits per heavy atom. The zero-order chi connectivity index (χ0) is 8.43. The van der Waals surface area contributed by atoms with Gasteiger partial charge in [-0.15, -0.1) is 0 Å². The molecule has 1 nitrogen and oxygen atoms in total. The maximum Gasteiger partial charge on any atom is 0.138 e. The quantitative estimate of drug-likeness (QED) is 0.768. The van der Waals surface area contributed by atoms with Gasteiger partial charge in [-0.2, -0.15) is 0 Å². The Bertz CT molecular complexity index is 273. The monoisotopic (exact) mass is 218 g/mol. The number of aryl methyl sites for hydroxylation is 1. The molecule has 0 aromatic heterocycles. The van der Waals surface area contributed by atoms with Crippen LogP contribution in [0.4, 0.5) is 4.39 Å². The minimum absolute atomic E-state index is 0.140. The van der Waals surface area contributed by atoms with Crippen molar-refractivity contribution in [3.05, 3.63) is 33.5 Å². The van der Waals surface area contributed by atoms with Crippen molar-refractivity contribution in [2.75, 3.05) is 0 Å². The van der Waals surface area contributed by atoms with Crippen LogP contribution in [0, 0.1) is 12.7 Å². The highest BCUT2D eigenvalue weighted by atomic mass is 79.9. The van der Waals surface area contributed by atoms with Crippen LogP contribution in [-0.4, -0.2) is 5.11 Å². The molecule has 0 aliphatic carbocycles. The van der Waals surface area contributed by atoms with Gasteiger partial charge in [0, 0.05) is 0 Å². The zero-order valence-corrected chi connectivity index (χ0v) is 7.65. The molecule has 0 atom stereocenters.